The summed E-state index contributed by atoms with van der Waals surface area (Å²) in [6.45, 7) is 1.70. The molecular weight excluding hydrogens is 591 g/mol. The molecule has 1 unspecified atom stereocenters. The third kappa shape index (κ3) is 9.63. The number of ether oxygens (including phenoxy) is 1. The van der Waals surface area contributed by atoms with Crippen LogP contribution in [0.5, 0.6) is 5.75 Å². The molecule has 0 saturated carbocycles. The van der Waals surface area contributed by atoms with Gasteiger partial charge < -0.3 is 25.6 Å². The summed E-state index contributed by atoms with van der Waals surface area (Å²) >= 11 is 6.11. The number of hydrogen-bond acceptors (Lipinski definition) is 8. The molecule has 0 spiro atoms. The first kappa shape index (κ1) is 34.6. The van der Waals surface area contributed by atoms with E-state index in [9.17, 15) is 31.5 Å². The highest BCUT2D eigenvalue weighted by atomic mass is 35.5. The maximum Gasteiger partial charge on any atom is 0.408 e. The second-order valence-electron chi connectivity index (χ2n) is 7.86. The Kier molecular flexibility index (Phi) is 13.3. The molecule has 2 heterocycles. The highest BCUT2D eigenvalue weighted by molar-refractivity contribution is 7.59. The van der Waals surface area contributed by atoms with Gasteiger partial charge in [-0.3, -0.25) is 9.59 Å². The summed E-state index contributed by atoms with van der Waals surface area (Å²) < 4.78 is 75.5. The van der Waals surface area contributed by atoms with Crippen LogP contribution < -0.4 is 15.4 Å². The number of aliphatic carboxylic acids is 2. The van der Waals surface area contributed by atoms with Crippen molar-refractivity contribution in [2.24, 2.45) is 0 Å². The molecule has 0 fully saturated rings. The number of carboxylic acid groups (broad SMARTS) is 2. The van der Waals surface area contributed by atoms with Gasteiger partial charge in [-0.2, -0.15) is 46.2 Å². The van der Waals surface area contributed by atoms with Crippen molar-refractivity contribution >= 4 is 48.6 Å². The number of alkyl halides is 3. The number of hydrogen-bond donors (Lipinski definition) is 4. The van der Waals surface area contributed by atoms with Crippen LogP contribution in [-0.4, -0.2) is 74.2 Å². The van der Waals surface area contributed by atoms with Crippen LogP contribution in [0.25, 0.3) is 16.9 Å². The minimum atomic E-state index is -4.65. The first-order chi connectivity index (χ1) is 18.3. The molecule has 0 bridgehead atoms. The van der Waals surface area contributed by atoms with Gasteiger partial charge >= 0.3 is 18.1 Å². The third-order valence-corrected chi connectivity index (χ3v) is 5.16. The maximum atomic E-state index is 14.9. The maximum absolute atomic E-state index is 14.9. The van der Waals surface area contributed by atoms with E-state index in [1.807, 2.05) is 0 Å². The third-order valence-electron chi connectivity index (χ3n) is 4.89. The fraction of sp³-hybridized carbons (Fsp3) is 0.409. The monoisotopic (exact) mass is 616 g/mol. The summed E-state index contributed by atoms with van der Waals surface area (Å²) in [5.41, 5.74) is -1.10. The molecule has 0 saturated heterocycles. The lowest BCUT2D eigenvalue weighted by Crippen LogP contribution is -2.34. The first-order valence-corrected chi connectivity index (χ1v) is 11.6. The average Bonchev–Trinajstić information content (AvgIpc) is 3.29. The Balaban J connectivity index is 0.000000777. The van der Waals surface area contributed by atoms with E-state index in [2.05, 4.69) is 25.7 Å². The van der Waals surface area contributed by atoms with Crippen molar-refractivity contribution < 1.29 is 46.5 Å². The normalized spacial score (nSPS) is 11.7. The number of nitrogens with one attached hydrogen (secondary N) is 2. The van der Waals surface area contributed by atoms with E-state index in [4.69, 9.17) is 26.6 Å². The molecule has 11 nitrogen and oxygen atoms in total. The van der Waals surface area contributed by atoms with Gasteiger partial charge in [0.2, 0.25) is 0 Å². The zero-order valence-corrected chi connectivity index (χ0v) is 22.8. The highest BCUT2D eigenvalue weighted by Gasteiger charge is 2.37. The molecule has 0 aliphatic carbocycles. The number of aromatic nitrogens is 4. The molecule has 0 aliphatic rings. The molecule has 3 aromatic rings. The zero-order chi connectivity index (χ0) is 29.3. The number of fused-ring (bicyclic) bond motifs is 1. The molecule has 1 atom stereocenters. The van der Waals surface area contributed by atoms with Gasteiger partial charge in [0, 0.05) is 12.1 Å². The van der Waals surface area contributed by atoms with Crippen LogP contribution in [0.15, 0.2) is 18.5 Å². The van der Waals surface area contributed by atoms with E-state index < -0.39 is 57.9 Å². The Labute approximate surface area is 236 Å². The predicted molar refractivity (Wildman–Crippen MR) is 139 cm³/mol. The Hall–Kier alpha value is -3.44. The van der Waals surface area contributed by atoms with Crippen LogP contribution in [0.2, 0.25) is 5.15 Å². The number of halogens is 6. The fourth-order valence-corrected chi connectivity index (χ4v) is 3.24. The van der Waals surface area contributed by atoms with E-state index in [0.29, 0.717) is 13.0 Å². The van der Waals surface area contributed by atoms with Crippen molar-refractivity contribution in [3.8, 4) is 16.9 Å². The SMILES string of the molecule is CNCCCOc1cc(F)c(-c2c(Cl)nc3ncnn3c2NC(C)C(F)(F)F)c(F)c1.O=C(O)CCC(=O)O.S. The number of anilines is 1. The van der Waals surface area contributed by atoms with Gasteiger partial charge in [0.05, 0.1) is 30.6 Å². The summed E-state index contributed by atoms with van der Waals surface area (Å²) in [7, 11) is 1.75. The molecule has 222 valence electrons. The van der Waals surface area contributed by atoms with Gasteiger partial charge in [-0.15, -0.1) is 0 Å². The lowest BCUT2D eigenvalue weighted by atomic mass is 10.1. The second kappa shape index (κ2) is 15.4. The van der Waals surface area contributed by atoms with Gasteiger partial charge in [0.25, 0.3) is 5.78 Å². The number of carboxylic acids is 2. The van der Waals surface area contributed by atoms with Crippen molar-refractivity contribution in [3.05, 3.63) is 35.2 Å². The van der Waals surface area contributed by atoms with E-state index in [-0.39, 0.29) is 44.5 Å². The van der Waals surface area contributed by atoms with Crippen LogP contribution in [0, 0.1) is 11.6 Å². The van der Waals surface area contributed by atoms with Crippen molar-refractivity contribution in [3.63, 3.8) is 0 Å². The van der Waals surface area contributed by atoms with Crippen molar-refractivity contribution in [2.45, 2.75) is 38.4 Å². The van der Waals surface area contributed by atoms with E-state index >= 15 is 0 Å². The summed E-state index contributed by atoms with van der Waals surface area (Å²) in [6, 6.07) is -0.231. The lowest BCUT2D eigenvalue weighted by molar-refractivity contribution is -0.143. The summed E-state index contributed by atoms with van der Waals surface area (Å²) in [6.07, 6.45) is -3.61. The molecule has 3 rings (SSSR count). The van der Waals surface area contributed by atoms with Crippen LogP contribution in [0.3, 0.4) is 0 Å². The first-order valence-electron chi connectivity index (χ1n) is 11.2. The van der Waals surface area contributed by atoms with Crippen LogP contribution in [-0.2, 0) is 9.59 Å². The molecule has 40 heavy (non-hydrogen) atoms. The Morgan fingerprint density at radius 2 is 1.70 bits per heavy atom. The second-order valence-corrected chi connectivity index (χ2v) is 8.22. The molecule has 18 heteroatoms. The number of nitrogens with zero attached hydrogens (tertiary/aromatic N) is 4. The van der Waals surface area contributed by atoms with Gasteiger partial charge in [-0.05, 0) is 26.9 Å². The summed E-state index contributed by atoms with van der Waals surface area (Å²) in [4.78, 5) is 26.9. The zero-order valence-electron chi connectivity index (χ0n) is 21.0. The fourth-order valence-electron chi connectivity index (χ4n) is 2.98. The Bertz CT molecular complexity index is 1280. The smallest absolute Gasteiger partial charge is 0.408 e. The van der Waals surface area contributed by atoms with Gasteiger partial charge in [-0.25, -0.2) is 8.78 Å². The number of rotatable bonds is 11. The molecule has 0 aliphatic heterocycles. The molecule has 2 aromatic heterocycles. The molecular formula is C22H26ClF5N6O5S. The number of benzene rings is 1. The molecule has 0 amide bonds. The number of carbonyl (C=O) groups is 2. The van der Waals surface area contributed by atoms with Crippen LogP contribution in [0.1, 0.15) is 26.2 Å². The highest BCUT2D eigenvalue weighted by Crippen LogP contribution is 2.39. The van der Waals surface area contributed by atoms with E-state index in [0.717, 1.165) is 29.9 Å². The van der Waals surface area contributed by atoms with Gasteiger partial charge in [0.15, 0.2) is 0 Å². The minimum absolute atomic E-state index is 0. The molecule has 0 radical (unpaired) electrons. The summed E-state index contributed by atoms with van der Waals surface area (Å²) in [5.74, 6) is -4.95. The largest absolute Gasteiger partial charge is 0.493 e. The van der Waals surface area contributed by atoms with Crippen molar-refractivity contribution in [2.75, 3.05) is 25.5 Å². The van der Waals surface area contributed by atoms with E-state index in [1.54, 1.807) is 7.05 Å². The Morgan fingerprint density at radius 3 is 2.20 bits per heavy atom. The van der Waals surface area contributed by atoms with Crippen molar-refractivity contribution in [1.29, 1.82) is 0 Å². The lowest BCUT2D eigenvalue weighted by Gasteiger charge is -2.21. The average molecular weight is 617 g/mol. The predicted octanol–water partition coefficient (Wildman–Crippen LogP) is 4.12. The minimum Gasteiger partial charge on any atom is -0.493 e. The standard InChI is InChI=1S/C18H18ClF5N6O.C4H6O4.H2S/c1-9(18(22,23)24)28-16-14(15(19)29-17-26-8-27-30(16)17)13-11(20)6-10(7-12(13)21)31-5-3-4-25-2;5-3(6)1-2-4(7)8;/h6-9,25,28H,3-5H2,1-2H3;1-2H2,(H,5,6)(H,7,8);1H2. The van der Waals surface area contributed by atoms with Crippen LogP contribution >= 0.6 is 25.1 Å². The van der Waals surface area contributed by atoms with E-state index in [1.165, 1.54) is 0 Å². The van der Waals surface area contributed by atoms with Gasteiger partial charge in [-0.1, -0.05) is 11.6 Å². The Morgan fingerprint density at radius 1 is 1.12 bits per heavy atom. The molecule has 1 aromatic carbocycles. The van der Waals surface area contributed by atoms with Gasteiger partial charge in [0.1, 0.15) is 40.7 Å². The topological polar surface area (TPSA) is 151 Å². The van der Waals surface area contributed by atoms with Crippen LogP contribution in [0.4, 0.5) is 27.8 Å². The summed E-state index contributed by atoms with van der Waals surface area (Å²) in [5, 5.41) is 24.2. The molecule has 4 N–H and O–H groups in total. The quantitative estimate of drug-likeness (QED) is 0.141. The van der Waals surface area contributed by atoms with Crippen molar-refractivity contribution in [1.82, 2.24) is 24.9 Å².